The van der Waals surface area contributed by atoms with Gasteiger partial charge in [0.05, 0.1) is 5.75 Å². The van der Waals surface area contributed by atoms with E-state index < -0.39 is 34.8 Å². The fourth-order valence-corrected chi connectivity index (χ4v) is 3.37. The van der Waals surface area contributed by atoms with Gasteiger partial charge in [0, 0.05) is 26.1 Å². The first-order valence-corrected chi connectivity index (χ1v) is 7.01. The van der Waals surface area contributed by atoms with Crippen LogP contribution in [0.5, 0.6) is 0 Å². The molecule has 1 unspecified atom stereocenters. The fourth-order valence-electron chi connectivity index (χ4n) is 1.78. The number of rotatable bonds is 5. The Hall–Kier alpha value is -0.340. The maximum atomic E-state index is 11.9. The first kappa shape index (κ1) is 14.7. The predicted octanol–water partition coefficient (Wildman–Crippen LogP) is 0.973. The van der Waals surface area contributed by atoms with E-state index in [0.29, 0.717) is 13.0 Å². The van der Waals surface area contributed by atoms with Gasteiger partial charge < -0.3 is 5.11 Å². The van der Waals surface area contributed by atoms with Crippen LogP contribution in [0.2, 0.25) is 0 Å². The molecule has 1 aliphatic rings. The molecular weight excluding hydrogens is 259 g/mol. The average Bonchev–Trinajstić information content (AvgIpc) is 2.63. The Balaban J connectivity index is 2.42. The minimum Gasteiger partial charge on any atom is -0.396 e. The van der Waals surface area contributed by atoms with Gasteiger partial charge in [0.2, 0.25) is 10.0 Å². The molecule has 1 fully saturated rings. The van der Waals surface area contributed by atoms with Crippen LogP contribution in [-0.4, -0.2) is 49.5 Å². The highest BCUT2D eigenvalue weighted by molar-refractivity contribution is 7.89. The Labute approximate surface area is 98.5 Å². The molecule has 17 heavy (non-hydrogen) atoms. The summed E-state index contributed by atoms with van der Waals surface area (Å²) in [4.78, 5) is 0. The van der Waals surface area contributed by atoms with Crippen LogP contribution in [0.3, 0.4) is 0 Å². The van der Waals surface area contributed by atoms with E-state index in [1.807, 2.05) is 0 Å². The Kier molecular flexibility index (Phi) is 4.79. The summed E-state index contributed by atoms with van der Waals surface area (Å²) in [6.07, 6.45) is -5.24. The van der Waals surface area contributed by atoms with Crippen LogP contribution in [0.15, 0.2) is 0 Å². The summed E-state index contributed by atoms with van der Waals surface area (Å²) in [5, 5.41) is 8.86. The zero-order valence-corrected chi connectivity index (χ0v) is 10.1. The van der Waals surface area contributed by atoms with Gasteiger partial charge in [-0.05, 0) is 18.8 Å². The van der Waals surface area contributed by atoms with Crippen molar-refractivity contribution in [2.75, 3.05) is 25.4 Å². The van der Waals surface area contributed by atoms with E-state index in [-0.39, 0.29) is 19.1 Å². The van der Waals surface area contributed by atoms with Crippen LogP contribution in [0.4, 0.5) is 13.2 Å². The van der Waals surface area contributed by atoms with Gasteiger partial charge in [0.1, 0.15) is 0 Å². The van der Waals surface area contributed by atoms with Crippen molar-refractivity contribution < 1.29 is 26.7 Å². The molecule has 0 spiro atoms. The summed E-state index contributed by atoms with van der Waals surface area (Å²) < 4.78 is 60.1. The average molecular weight is 275 g/mol. The van der Waals surface area contributed by atoms with Crippen LogP contribution in [0.1, 0.15) is 19.3 Å². The summed E-state index contributed by atoms with van der Waals surface area (Å²) in [7, 11) is -3.60. The van der Waals surface area contributed by atoms with Crippen molar-refractivity contribution in [1.82, 2.24) is 4.31 Å². The third-order valence-electron chi connectivity index (χ3n) is 2.76. The van der Waals surface area contributed by atoms with Gasteiger partial charge in [-0.3, -0.25) is 0 Å². The minimum atomic E-state index is -4.31. The Morgan fingerprint density at radius 1 is 1.35 bits per heavy atom. The second-order valence-electron chi connectivity index (χ2n) is 4.23. The molecule has 0 aromatic carbocycles. The lowest BCUT2D eigenvalue weighted by atomic mass is 10.1. The highest BCUT2D eigenvalue weighted by Crippen LogP contribution is 2.24. The van der Waals surface area contributed by atoms with Gasteiger partial charge in [-0.25, -0.2) is 12.7 Å². The molecule has 4 nitrogen and oxygen atoms in total. The van der Waals surface area contributed by atoms with E-state index in [9.17, 15) is 21.6 Å². The number of hydrogen-bond donors (Lipinski definition) is 1. The maximum absolute atomic E-state index is 11.9. The van der Waals surface area contributed by atoms with Crippen molar-refractivity contribution in [3.63, 3.8) is 0 Å². The summed E-state index contributed by atoms with van der Waals surface area (Å²) in [5.74, 6) is -0.572. The molecule has 1 atom stereocenters. The second kappa shape index (κ2) is 5.53. The molecule has 0 aliphatic carbocycles. The monoisotopic (exact) mass is 275 g/mol. The van der Waals surface area contributed by atoms with E-state index in [0.717, 1.165) is 0 Å². The maximum Gasteiger partial charge on any atom is 0.389 e. The highest BCUT2D eigenvalue weighted by Gasteiger charge is 2.32. The van der Waals surface area contributed by atoms with Gasteiger partial charge in [0.25, 0.3) is 0 Å². The van der Waals surface area contributed by atoms with E-state index in [1.165, 1.54) is 4.31 Å². The van der Waals surface area contributed by atoms with Gasteiger partial charge in [0.15, 0.2) is 0 Å². The van der Waals surface area contributed by atoms with E-state index in [1.54, 1.807) is 0 Å². The summed E-state index contributed by atoms with van der Waals surface area (Å²) in [5.41, 5.74) is 0. The molecule has 8 heteroatoms. The van der Waals surface area contributed by atoms with Gasteiger partial charge in [-0.1, -0.05) is 0 Å². The number of aliphatic hydroxyl groups excluding tert-OH is 1. The summed E-state index contributed by atoms with van der Waals surface area (Å²) in [6, 6.07) is 0. The van der Waals surface area contributed by atoms with Crippen LogP contribution >= 0.6 is 0 Å². The van der Waals surface area contributed by atoms with E-state index >= 15 is 0 Å². The minimum absolute atomic E-state index is 0.0887. The van der Waals surface area contributed by atoms with Crippen molar-refractivity contribution in [3.05, 3.63) is 0 Å². The zero-order valence-electron chi connectivity index (χ0n) is 9.28. The second-order valence-corrected chi connectivity index (χ2v) is 6.32. The molecule has 0 aromatic heterocycles. The standard InChI is InChI=1S/C9H16F3NO3S/c10-9(11,12)3-1-5-17(15,16)13-4-2-8(6-13)7-14/h8,14H,1-7H2. The summed E-state index contributed by atoms with van der Waals surface area (Å²) >= 11 is 0. The van der Waals surface area contributed by atoms with E-state index in [2.05, 4.69) is 0 Å². The first-order chi connectivity index (χ1) is 7.74. The van der Waals surface area contributed by atoms with Crippen LogP contribution in [0, 0.1) is 5.92 Å². The lowest BCUT2D eigenvalue weighted by Gasteiger charge is -2.16. The Bertz CT molecular complexity index is 342. The predicted molar refractivity (Wildman–Crippen MR) is 55.8 cm³/mol. The fraction of sp³-hybridized carbons (Fsp3) is 1.00. The number of aliphatic hydroxyl groups is 1. The lowest BCUT2D eigenvalue weighted by molar-refractivity contribution is -0.134. The largest absolute Gasteiger partial charge is 0.396 e. The number of halogens is 3. The molecule has 1 aliphatic heterocycles. The Morgan fingerprint density at radius 2 is 2.00 bits per heavy atom. The topological polar surface area (TPSA) is 57.6 Å². The van der Waals surface area contributed by atoms with Crippen molar-refractivity contribution in [3.8, 4) is 0 Å². The zero-order chi connectivity index (χ0) is 13.1. The quantitative estimate of drug-likeness (QED) is 0.813. The van der Waals surface area contributed by atoms with Gasteiger partial charge >= 0.3 is 6.18 Å². The van der Waals surface area contributed by atoms with Crippen molar-refractivity contribution in [2.24, 2.45) is 5.92 Å². The van der Waals surface area contributed by atoms with Crippen LogP contribution in [0.25, 0.3) is 0 Å². The van der Waals surface area contributed by atoms with E-state index in [4.69, 9.17) is 5.11 Å². The van der Waals surface area contributed by atoms with Crippen LogP contribution < -0.4 is 0 Å². The number of hydrogen-bond acceptors (Lipinski definition) is 3. The molecule has 0 bridgehead atoms. The van der Waals surface area contributed by atoms with Gasteiger partial charge in [-0.15, -0.1) is 0 Å². The summed E-state index contributed by atoms with van der Waals surface area (Å²) in [6.45, 7) is 0.416. The number of alkyl halides is 3. The smallest absolute Gasteiger partial charge is 0.389 e. The highest BCUT2D eigenvalue weighted by atomic mass is 32.2. The SMILES string of the molecule is O=S(=O)(CCCC(F)(F)F)N1CCC(CO)C1. The van der Waals surface area contributed by atoms with Crippen molar-refractivity contribution in [2.45, 2.75) is 25.4 Å². The Morgan fingerprint density at radius 3 is 2.47 bits per heavy atom. The molecule has 0 saturated carbocycles. The lowest BCUT2D eigenvalue weighted by Crippen LogP contribution is -2.31. The van der Waals surface area contributed by atoms with Gasteiger partial charge in [-0.2, -0.15) is 13.2 Å². The van der Waals surface area contributed by atoms with Crippen molar-refractivity contribution >= 4 is 10.0 Å². The molecule has 0 aromatic rings. The molecule has 102 valence electrons. The molecule has 1 N–H and O–H groups in total. The molecule has 0 amide bonds. The molecule has 1 heterocycles. The van der Waals surface area contributed by atoms with Crippen LogP contribution in [-0.2, 0) is 10.0 Å². The van der Waals surface area contributed by atoms with Crippen molar-refractivity contribution in [1.29, 1.82) is 0 Å². The normalized spacial score (nSPS) is 23.2. The first-order valence-electron chi connectivity index (χ1n) is 5.40. The third-order valence-corrected chi connectivity index (χ3v) is 4.69. The third kappa shape index (κ3) is 4.81. The molecule has 1 rings (SSSR count). The molecule has 1 saturated heterocycles. The molecular formula is C9H16F3NO3S. The molecule has 0 radical (unpaired) electrons. The number of nitrogens with zero attached hydrogens (tertiary/aromatic N) is 1. The number of sulfonamides is 1.